The lowest BCUT2D eigenvalue weighted by atomic mass is 10.3. The first-order valence-electron chi connectivity index (χ1n) is 5.53. The second kappa shape index (κ2) is 5.33. The average molecular weight is 285 g/mol. The molecule has 106 valence electrons. The van der Waals surface area contributed by atoms with Crippen molar-refractivity contribution in [2.24, 2.45) is 5.73 Å². The van der Waals surface area contributed by atoms with E-state index in [4.69, 9.17) is 10.2 Å². The van der Waals surface area contributed by atoms with Gasteiger partial charge in [0.1, 0.15) is 11.5 Å². The second-order valence-electron chi connectivity index (χ2n) is 3.85. The Morgan fingerprint density at radius 1 is 1.30 bits per heavy atom. The number of alkyl halides is 3. The summed E-state index contributed by atoms with van der Waals surface area (Å²) in [5.74, 6) is -0.141. The normalized spacial score (nSPS) is 11.4. The van der Waals surface area contributed by atoms with Gasteiger partial charge in [0.15, 0.2) is 5.76 Å². The van der Waals surface area contributed by atoms with Gasteiger partial charge in [-0.1, -0.05) is 0 Å². The van der Waals surface area contributed by atoms with Crippen LogP contribution in [0, 0.1) is 0 Å². The van der Waals surface area contributed by atoms with E-state index in [9.17, 15) is 18.0 Å². The summed E-state index contributed by atoms with van der Waals surface area (Å²) in [6.07, 6.45) is -3.59. The van der Waals surface area contributed by atoms with Crippen molar-refractivity contribution in [1.29, 1.82) is 0 Å². The SMILES string of the molecule is NCc1ccc(C(=O)Nc2ccc(C(F)(F)F)nc2)o1. The number of nitrogens with two attached hydrogens (primary N) is 1. The van der Waals surface area contributed by atoms with Crippen LogP contribution in [0.15, 0.2) is 34.9 Å². The predicted octanol–water partition coefficient (Wildman–Crippen LogP) is 2.40. The Hall–Kier alpha value is -2.35. The fourth-order valence-electron chi connectivity index (χ4n) is 1.44. The summed E-state index contributed by atoms with van der Waals surface area (Å²) >= 11 is 0. The van der Waals surface area contributed by atoms with Crippen molar-refractivity contribution in [2.45, 2.75) is 12.7 Å². The van der Waals surface area contributed by atoms with Gasteiger partial charge in [0, 0.05) is 0 Å². The zero-order valence-electron chi connectivity index (χ0n) is 10.1. The third-order valence-electron chi connectivity index (χ3n) is 2.40. The van der Waals surface area contributed by atoms with Crippen molar-refractivity contribution >= 4 is 11.6 Å². The zero-order valence-corrected chi connectivity index (χ0v) is 10.1. The molecule has 0 saturated heterocycles. The number of anilines is 1. The van der Waals surface area contributed by atoms with E-state index in [0.717, 1.165) is 18.3 Å². The Kier molecular flexibility index (Phi) is 3.75. The van der Waals surface area contributed by atoms with Crippen LogP contribution in [0.1, 0.15) is 22.0 Å². The molecule has 0 unspecified atom stereocenters. The van der Waals surface area contributed by atoms with Crippen LogP contribution in [0.25, 0.3) is 0 Å². The van der Waals surface area contributed by atoms with Crippen LogP contribution in [0.5, 0.6) is 0 Å². The van der Waals surface area contributed by atoms with Gasteiger partial charge < -0.3 is 15.5 Å². The molecule has 1 amide bonds. The summed E-state index contributed by atoms with van der Waals surface area (Å²) in [6.45, 7) is 0.148. The van der Waals surface area contributed by atoms with Gasteiger partial charge in [-0.2, -0.15) is 13.2 Å². The predicted molar refractivity (Wildman–Crippen MR) is 63.8 cm³/mol. The van der Waals surface area contributed by atoms with E-state index < -0.39 is 17.8 Å². The van der Waals surface area contributed by atoms with E-state index >= 15 is 0 Å². The molecule has 0 bridgehead atoms. The van der Waals surface area contributed by atoms with Gasteiger partial charge in [0.2, 0.25) is 0 Å². The maximum Gasteiger partial charge on any atom is 0.433 e. The van der Waals surface area contributed by atoms with Gasteiger partial charge >= 0.3 is 6.18 Å². The molecule has 0 atom stereocenters. The van der Waals surface area contributed by atoms with E-state index in [-0.39, 0.29) is 18.0 Å². The number of furan rings is 1. The fraction of sp³-hybridized carbons (Fsp3) is 0.167. The van der Waals surface area contributed by atoms with Crippen LogP contribution in [-0.4, -0.2) is 10.9 Å². The third kappa shape index (κ3) is 3.15. The molecule has 20 heavy (non-hydrogen) atoms. The van der Waals surface area contributed by atoms with E-state index in [1.807, 2.05) is 0 Å². The molecule has 2 rings (SSSR count). The molecular formula is C12H10F3N3O2. The van der Waals surface area contributed by atoms with Gasteiger partial charge in [-0.25, -0.2) is 4.98 Å². The molecule has 2 heterocycles. The summed E-state index contributed by atoms with van der Waals surface area (Å²) in [7, 11) is 0. The molecule has 5 nitrogen and oxygen atoms in total. The summed E-state index contributed by atoms with van der Waals surface area (Å²) in [5, 5.41) is 2.37. The second-order valence-corrected chi connectivity index (χ2v) is 3.85. The summed E-state index contributed by atoms with van der Waals surface area (Å²) in [5.41, 5.74) is 4.44. The number of nitrogens with one attached hydrogen (secondary N) is 1. The number of carbonyl (C=O) groups is 1. The number of aromatic nitrogens is 1. The van der Waals surface area contributed by atoms with E-state index in [2.05, 4.69) is 10.3 Å². The molecule has 0 aliphatic heterocycles. The highest BCUT2D eigenvalue weighted by Gasteiger charge is 2.32. The first-order valence-corrected chi connectivity index (χ1v) is 5.53. The molecule has 0 spiro atoms. The Morgan fingerprint density at radius 3 is 2.55 bits per heavy atom. The highest BCUT2D eigenvalue weighted by atomic mass is 19.4. The summed E-state index contributed by atoms with van der Waals surface area (Å²) < 4.78 is 42.0. The van der Waals surface area contributed by atoms with Crippen LogP contribution in [-0.2, 0) is 12.7 Å². The smallest absolute Gasteiger partial charge is 0.433 e. The first-order chi connectivity index (χ1) is 9.40. The molecule has 2 aromatic heterocycles. The molecule has 0 fully saturated rings. The number of nitrogens with zero attached hydrogens (tertiary/aromatic N) is 1. The molecule has 3 N–H and O–H groups in total. The van der Waals surface area contributed by atoms with Crippen molar-refractivity contribution in [1.82, 2.24) is 4.98 Å². The highest BCUT2D eigenvalue weighted by Crippen LogP contribution is 2.27. The lowest BCUT2D eigenvalue weighted by molar-refractivity contribution is -0.141. The van der Waals surface area contributed by atoms with Gasteiger partial charge in [0.25, 0.3) is 5.91 Å². The van der Waals surface area contributed by atoms with Gasteiger partial charge in [-0.05, 0) is 24.3 Å². The Labute approximate surface area is 111 Å². The van der Waals surface area contributed by atoms with Crippen molar-refractivity contribution in [3.05, 3.63) is 47.7 Å². The minimum Gasteiger partial charge on any atom is -0.455 e. The number of pyridine rings is 1. The average Bonchev–Trinajstić information content (AvgIpc) is 2.87. The maximum atomic E-state index is 12.3. The summed E-state index contributed by atoms with van der Waals surface area (Å²) in [4.78, 5) is 15.0. The van der Waals surface area contributed by atoms with Gasteiger partial charge in [0.05, 0.1) is 18.4 Å². The lowest BCUT2D eigenvalue weighted by Gasteiger charge is -2.07. The Morgan fingerprint density at radius 2 is 2.05 bits per heavy atom. The van der Waals surface area contributed by atoms with Crippen LogP contribution in [0.2, 0.25) is 0 Å². The minimum atomic E-state index is -4.51. The molecule has 0 aromatic carbocycles. The Balaban J connectivity index is 2.08. The highest BCUT2D eigenvalue weighted by molar-refractivity contribution is 6.02. The first kappa shape index (κ1) is 14.1. The Bertz CT molecular complexity index is 605. The standard InChI is InChI=1S/C12H10F3N3O2/c13-12(14,15)10-4-1-7(6-17-10)18-11(19)9-3-2-8(5-16)20-9/h1-4,6H,5,16H2,(H,18,19). The summed E-state index contributed by atoms with van der Waals surface area (Å²) in [6, 6.07) is 4.86. The topological polar surface area (TPSA) is 81.2 Å². The van der Waals surface area contributed by atoms with E-state index in [1.165, 1.54) is 6.07 Å². The number of hydrogen-bond acceptors (Lipinski definition) is 4. The zero-order chi connectivity index (χ0) is 14.8. The maximum absolute atomic E-state index is 12.3. The number of halogens is 3. The third-order valence-corrected chi connectivity index (χ3v) is 2.40. The van der Waals surface area contributed by atoms with Gasteiger partial charge in [-0.3, -0.25) is 4.79 Å². The van der Waals surface area contributed by atoms with Crippen LogP contribution >= 0.6 is 0 Å². The largest absolute Gasteiger partial charge is 0.455 e. The van der Waals surface area contributed by atoms with Crippen LogP contribution in [0.3, 0.4) is 0 Å². The molecule has 0 radical (unpaired) electrons. The minimum absolute atomic E-state index is 0.0188. The molecule has 0 aliphatic carbocycles. The van der Waals surface area contributed by atoms with Gasteiger partial charge in [-0.15, -0.1) is 0 Å². The fourth-order valence-corrected chi connectivity index (χ4v) is 1.44. The number of hydrogen-bond donors (Lipinski definition) is 2. The van der Waals surface area contributed by atoms with E-state index in [0.29, 0.717) is 5.76 Å². The molecule has 0 saturated carbocycles. The number of amides is 1. The van der Waals surface area contributed by atoms with Crippen molar-refractivity contribution < 1.29 is 22.4 Å². The molecule has 0 aliphatic rings. The quantitative estimate of drug-likeness (QED) is 0.907. The number of carbonyl (C=O) groups excluding carboxylic acids is 1. The van der Waals surface area contributed by atoms with E-state index in [1.54, 1.807) is 6.07 Å². The van der Waals surface area contributed by atoms with Crippen molar-refractivity contribution in [3.63, 3.8) is 0 Å². The monoisotopic (exact) mass is 285 g/mol. The molecular weight excluding hydrogens is 275 g/mol. The lowest BCUT2D eigenvalue weighted by Crippen LogP contribution is -2.12. The van der Waals surface area contributed by atoms with Crippen LogP contribution in [0.4, 0.5) is 18.9 Å². The van der Waals surface area contributed by atoms with Crippen molar-refractivity contribution in [2.75, 3.05) is 5.32 Å². The van der Waals surface area contributed by atoms with Crippen molar-refractivity contribution in [3.8, 4) is 0 Å². The molecule has 2 aromatic rings. The number of rotatable bonds is 3. The van der Waals surface area contributed by atoms with Crippen LogP contribution < -0.4 is 11.1 Å². The molecule has 8 heteroatoms.